The summed E-state index contributed by atoms with van der Waals surface area (Å²) in [6.45, 7) is 3.12. The number of hydrogen-bond acceptors (Lipinski definition) is 4. The third-order valence-electron chi connectivity index (χ3n) is 4.83. The van der Waals surface area contributed by atoms with E-state index in [2.05, 4.69) is 0 Å². The lowest BCUT2D eigenvalue weighted by Gasteiger charge is -2.30. The minimum absolute atomic E-state index is 0.0222. The van der Waals surface area contributed by atoms with Crippen molar-refractivity contribution in [2.75, 3.05) is 25.1 Å². The lowest BCUT2D eigenvalue weighted by Crippen LogP contribution is -2.38. The Morgan fingerprint density at radius 2 is 2.04 bits per heavy atom. The predicted octanol–water partition coefficient (Wildman–Crippen LogP) is 3.49. The maximum absolute atomic E-state index is 14.0. The van der Waals surface area contributed by atoms with E-state index in [4.69, 9.17) is 11.5 Å². The van der Waals surface area contributed by atoms with Gasteiger partial charge >= 0.3 is 0 Å². The molecule has 0 saturated heterocycles. The van der Waals surface area contributed by atoms with Crippen LogP contribution in [0.2, 0.25) is 0 Å². The van der Waals surface area contributed by atoms with Crippen LogP contribution < -0.4 is 11.5 Å². The monoisotopic (exact) mass is 395 g/mol. The number of carbonyl (C=O) groups excluding carboxylic acids is 1. The van der Waals surface area contributed by atoms with Gasteiger partial charge in [-0.25, -0.2) is 8.78 Å². The maximum Gasteiger partial charge on any atom is 0.232 e. The molecule has 0 fully saturated rings. The highest BCUT2D eigenvalue weighted by Crippen LogP contribution is 2.30. The molecule has 4 N–H and O–H groups in total. The van der Waals surface area contributed by atoms with Crippen LogP contribution in [0.25, 0.3) is 5.70 Å². The Kier molecular flexibility index (Phi) is 7.71. The standard InChI is InChI=1S/C20H27F2N3OS/c1-3-25(18(26)12-27-2)11-14-7-4-6-13(20(14)24)10-17(23)19-15(21)8-5-9-16(19)22/h5,8-10,14H,3-4,6-7,11-12,23-24H2,1-2H3/b17-10-. The number of carbonyl (C=O) groups is 1. The molecule has 1 aliphatic carbocycles. The predicted molar refractivity (Wildman–Crippen MR) is 108 cm³/mol. The van der Waals surface area contributed by atoms with E-state index >= 15 is 0 Å². The summed E-state index contributed by atoms with van der Waals surface area (Å²) >= 11 is 1.49. The minimum Gasteiger partial charge on any atom is -0.402 e. The van der Waals surface area contributed by atoms with E-state index in [9.17, 15) is 13.6 Å². The molecule has 148 valence electrons. The fourth-order valence-electron chi connectivity index (χ4n) is 3.37. The first-order chi connectivity index (χ1) is 12.9. The molecule has 2 rings (SSSR count). The van der Waals surface area contributed by atoms with Gasteiger partial charge in [0.1, 0.15) is 11.6 Å². The Hall–Kier alpha value is -2.02. The van der Waals surface area contributed by atoms with Crippen LogP contribution >= 0.6 is 11.8 Å². The van der Waals surface area contributed by atoms with Crippen molar-refractivity contribution in [2.24, 2.45) is 17.4 Å². The molecule has 1 aromatic rings. The van der Waals surface area contributed by atoms with Gasteiger partial charge in [-0.15, -0.1) is 0 Å². The van der Waals surface area contributed by atoms with Crippen LogP contribution in [0.3, 0.4) is 0 Å². The molecule has 1 aliphatic rings. The summed E-state index contributed by atoms with van der Waals surface area (Å²) in [4.78, 5) is 14.0. The summed E-state index contributed by atoms with van der Waals surface area (Å²) in [5.74, 6) is -0.844. The number of rotatable bonds is 7. The Balaban J connectivity index is 2.26. The molecule has 1 aromatic carbocycles. The van der Waals surface area contributed by atoms with Gasteiger partial charge in [-0.1, -0.05) is 6.07 Å². The smallest absolute Gasteiger partial charge is 0.232 e. The van der Waals surface area contributed by atoms with Gasteiger partial charge in [0.2, 0.25) is 5.91 Å². The van der Waals surface area contributed by atoms with Gasteiger partial charge in [-0.05, 0) is 56.2 Å². The molecule has 1 amide bonds. The highest BCUT2D eigenvalue weighted by atomic mass is 32.2. The van der Waals surface area contributed by atoms with Crippen LogP contribution in [0.4, 0.5) is 8.78 Å². The summed E-state index contributed by atoms with van der Waals surface area (Å²) in [6.07, 6.45) is 5.93. The van der Waals surface area contributed by atoms with E-state index in [1.54, 1.807) is 11.0 Å². The van der Waals surface area contributed by atoms with E-state index in [0.717, 1.165) is 18.4 Å². The van der Waals surface area contributed by atoms with Gasteiger partial charge in [-0.3, -0.25) is 4.79 Å². The molecule has 1 atom stereocenters. The third-order valence-corrected chi connectivity index (χ3v) is 5.37. The molecule has 7 heteroatoms. The van der Waals surface area contributed by atoms with Crippen LogP contribution in [-0.2, 0) is 4.79 Å². The Morgan fingerprint density at radius 1 is 1.37 bits per heavy atom. The minimum atomic E-state index is -0.699. The Bertz CT molecular complexity index is 728. The molecule has 4 nitrogen and oxygen atoms in total. The fraction of sp³-hybridized carbons (Fsp3) is 0.450. The molecule has 0 bridgehead atoms. The van der Waals surface area contributed by atoms with Crippen LogP contribution in [0.1, 0.15) is 31.7 Å². The molecule has 27 heavy (non-hydrogen) atoms. The zero-order valence-corrected chi connectivity index (χ0v) is 16.6. The molecule has 0 saturated carbocycles. The molecule has 1 unspecified atom stereocenters. The van der Waals surface area contributed by atoms with Crippen molar-refractivity contribution in [1.82, 2.24) is 4.90 Å². The second-order valence-corrected chi connectivity index (χ2v) is 7.50. The topological polar surface area (TPSA) is 72.3 Å². The SMILES string of the molecule is CCN(CC1CCCC(/C=C(\N)c2c(F)cccc2F)=C1N)C(=O)CSC. The number of benzene rings is 1. The lowest BCUT2D eigenvalue weighted by atomic mass is 9.86. The summed E-state index contributed by atoms with van der Waals surface area (Å²) in [7, 11) is 0. The van der Waals surface area contributed by atoms with Crippen molar-refractivity contribution in [3.05, 3.63) is 52.7 Å². The molecule has 0 spiro atoms. The lowest BCUT2D eigenvalue weighted by molar-refractivity contribution is -0.128. The van der Waals surface area contributed by atoms with E-state index in [1.807, 2.05) is 13.2 Å². The molecule has 0 aromatic heterocycles. The van der Waals surface area contributed by atoms with E-state index in [1.165, 1.54) is 30.0 Å². The van der Waals surface area contributed by atoms with Gasteiger partial charge in [0, 0.05) is 30.4 Å². The molecule has 0 radical (unpaired) electrons. The summed E-state index contributed by atoms with van der Waals surface area (Å²) in [6, 6.07) is 3.66. The second kappa shape index (κ2) is 9.78. The maximum atomic E-state index is 14.0. The number of allylic oxidation sites excluding steroid dienone is 2. The van der Waals surface area contributed by atoms with Crippen LogP contribution in [-0.4, -0.2) is 35.9 Å². The first-order valence-corrected chi connectivity index (χ1v) is 10.4. The van der Waals surface area contributed by atoms with Crippen LogP contribution in [0.5, 0.6) is 0 Å². The molecular weight excluding hydrogens is 368 g/mol. The third kappa shape index (κ3) is 5.25. The normalized spacial score (nSPS) is 17.9. The molecule has 0 aliphatic heterocycles. The zero-order chi connectivity index (χ0) is 20.0. The average Bonchev–Trinajstić information content (AvgIpc) is 2.62. The van der Waals surface area contributed by atoms with Crippen molar-refractivity contribution in [3.8, 4) is 0 Å². The highest BCUT2D eigenvalue weighted by Gasteiger charge is 2.24. The number of nitrogens with zero attached hydrogens (tertiary/aromatic N) is 1. The Labute approximate surface area is 163 Å². The molecule has 0 heterocycles. The summed E-state index contributed by atoms with van der Waals surface area (Å²) < 4.78 is 27.9. The second-order valence-electron chi connectivity index (χ2n) is 6.63. The highest BCUT2D eigenvalue weighted by molar-refractivity contribution is 7.99. The van der Waals surface area contributed by atoms with Gasteiger partial charge < -0.3 is 16.4 Å². The van der Waals surface area contributed by atoms with E-state index < -0.39 is 11.6 Å². The van der Waals surface area contributed by atoms with Crippen molar-refractivity contribution in [3.63, 3.8) is 0 Å². The van der Waals surface area contributed by atoms with Crippen LogP contribution in [0.15, 0.2) is 35.5 Å². The number of thioether (sulfide) groups is 1. The number of halogens is 2. The zero-order valence-electron chi connectivity index (χ0n) is 15.8. The van der Waals surface area contributed by atoms with E-state index in [-0.39, 0.29) is 23.1 Å². The first kappa shape index (κ1) is 21.3. The average molecular weight is 396 g/mol. The van der Waals surface area contributed by atoms with E-state index in [0.29, 0.717) is 31.0 Å². The summed E-state index contributed by atoms with van der Waals surface area (Å²) in [5, 5.41) is 0. The van der Waals surface area contributed by atoms with Crippen LogP contribution in [0, 0.1) is 17.6 Å². The van der Waals surface area contributed by atoms with Crippen molar-refractivity contribution < 1.29 is 13.6 Å². The largest absolute Gasteiger partial charge is 0.402 e. The number of nitrogens with two attached hydrogens (primary N) is 2. The van der Waals surface area contributed by atoms with Gasteiger partial charge in [0.05, 0.1) is 11.3 Å². The van der Waals surface area contributed by atoms with Gasteiger partial charge in [0.15, 0.2) is 0 Å². The van der Waals surface area contributed by atoms with Gasteiger partial charge in [-0.2, -0.15) is 11.8 Å². The van der Waals surface area contributed by atoms with Crippen molar-refractivity contribution in [2.45, 2.75) is 26.2 Å². The Morgan fingerprint density at radius 3 is 2.63 bits per heavy atom. The first-order valence-electron chi connectivity index (χ1n) is 9.05. The van der Waals surface area contributed by atoms with Crippen molar-refractivity contribution >= 4 is 23.4 Å². The van der Waals surface area contributed by atoms with Gasteiger partial charge in [0.25, 0.3) is 0 Å². The summed E-state index contributed by atoms with van der Waals surface area (Å²) in [5.41, 5.74) is 13.6. The van der Waals surface area contributed by atoms with Crippen molar-refractivity contribution in [1.29, 1.82) is 0 Å². The molecular formula is C20H27F2N3OS. The number of hydrogen-bond donors (Lipinski definition) is 2. The fourth-order valence-corrected chi connectivity index (χ4v) is 3.80. The quantitative estimate of drug-likeness (QED) is 0.741. The number of amides is 1.